The molecular weight excluding hydrogens is 482 g/mol. The Bertz CT molecular complexity index is 1160. The van der Waals surface area contributed by atoms with Gasteiger partial charge in [-0.3, -0.25) is 19.0 Å². The predicted octanol–water partition coefficient (Wildman–Crippen LogP) is 3.77. The van der Waals surface area contributed by atoms with Gasteiger partial charge in [0.1, 0.15) is 5.52 Å². The fraction of sp³-hybridized carbons (Fsp3) is 0.524. The molecule has 0 aliphatic heterocycles. The van der Waals surface area contributed by atoms with E-state index < -0.39 is 0 Å². The van der Waals surface area contributed by atoms with Gasteiger partial charge in [-0.05, 0) is 52.7 Å². The van der Waals surface area contributed by atoms with Gasteiger partial charge in [-0.25, -0.2) is 4.79 Å². The highest BCUT2D eigenvalue weighted by Crippen LogP contribution is 2.25. The van der Waals surface area contributed by atoms with Crippen LogP contribution in [0.2, 0.25) is 5.15 Å². The highest BCUT2D eigenvalue weighted by molar-refractivity contribution is 9.10. The second-order valence-electron chi connectivity index (χ2n) is 8.32. The number of nitrogens with zero attached hydrogens (tertiary/aromatic N) is 6. The van der Waals surface area contributed by atoms with Crippen molar-refractivity contribution in [3.63, 3.8) is 0 Å². The minimum absolute atomic E-state index is 0.0316. The van der Waals surface area contributed by atoms with Crippen LogP contribution in [0.1, 0.15) is 44.5 Å². The summed E-state index contributed by atoms with van der Waals surface area (Å²) in [5.74, 6) is 0.0316. The number of pyridine rings is 1. The first kappa shape index (κ1) is 23.7. The fourth-order valence-corrected chi connectivity index (χ4v) is 4.53. The molecular formula is C21H29BrClN7O. The van der Waals surface area contributed by atoms with Gasteiger partial charge in [-0.1, -0.05) is 27.5 Å². The summed E-state index contributed by atoms with van der Waals surface area (Å²) in [7, 11) is 0. The maximum absolute atomic E-state index is 13.5. The summed E-state index contributed by atoms with van der Waals surface area (Å²) in [6.07, 6.45) is 1.79. The summed E-state index contributed by atoms with van der Waals surface area (Å²) in [5.41, 5.74) is 9.36. The molecule has 0 aromatic carbocycles. The van der Waals surface area contributed by atoms with Gasteiger partial charge in [-0.15, -0.1) is 0 Å². The number of nitrogens with two attached hydrogens (primary N) is 1. The lowest BCUT2D eigenvalue weighted by molar-refractivity contribution is 0.168. The number of fused-ring (bicyclic) bond motifs is 1. The lowest BCUT2D eigenvalue weighted by Crippen LogP contribution is -2.40. The Balaban J connectivity index is 2.12. The molecule has 3 rings (SSSR count). The van der Waals surface area contributed by atoms with Gasteiger partial charge in [0, 0.05) is 35.8 Å². The molecule has 8 nitrogen and oxygen atoms in total. The van der Waals surface area contributed by atoms with Gasteiger partial charge in [0.2, 0.25) is 5.95 Å². The van der Waals surface area contributed by atoms with Crippen LogP contribution in [-0.4, -0.2) is 47.6 Å². The lowest BCUT2D eigenvalue weighted by atomic mass is 10.1. The van der Waals surface area contributed by atoms with Gasteiger partial charge in [-0.2, -0.15) is 9.97 Å². The zero-order chi connectivity index (χ0) is 23.0. The summed E-state index contributed by atoms with van der Waals surface area (Å²) in [5, 5.41) is 0.175. The maximum Gasteiger partial charge on any atom is 0.330 e. The Morgan fingerprint density at radius 3 is 2.42 bits per heavy atom. The lowest BCUT2D eigenvalue weighted by Gasteiger charge is -2.30. The average molecular weight is 511 g/mol. The molecule has 0 amide bonds. The zero-order valence-corrected chi connectivity index (χ0v) is 21.1. The van der Waals surface area contributed by atoms with Crippen LogP contribution in [0.3, 0.4) is 0 Å². The molecule has 0 bridgehead atoms. The summed E-state index contributed by atoms with van der Waals surface area (Å²) in [6, 6.07) is 0.700. The Kier molecular flexibility index (Phi) is 7.08. The molecule has 31 heavy (non-hydrogen) atoms. The van der Waals surface area contributed by atoms with Crippen LogP contribution in [0, 0.1) is 13.8 Å². The second kappa shape index (κ2) is 9.26. The number of imidazole rings is 1. The zero-order valence-electron chi connectivity index (χ0n) is 18.8. The Labute approximate surface area is 195 Å². The van der Waals surface area contributed by atoms with Crippen molar-refractivity contribution < 1.29 is 0 Å². The van der Waals surface area contributed by atoms with Crippen LogP contribution in [0.15, 0.2) is 15.5 Å². The van der Waals surface area contributed by atoms with Gasteiger partial charge in [0.05, 0.1) is 12.2 Å². The van der Waals surface area contributed by atoms with E-state index in [2.05, 4.69) is 63.5 Å². The average Bonchev–Trinajstić information content (AvgIpc) is 2.93. The van der Waals surface area contributed by atoms with Crippen LogP contribution in [0.4, 0.5) is 5.95 Å². The van der Waals surface area contributed by atoms with E-state index in [9.17, 15) is 4.79 Å². The van der Waals surface area contributed by atoms with Crippen molar-refractivity contribution in [3.8, 4) is 0 Å². The molecule has 0 unspecified atom stereocenters. The van der Waals surface area contributed by atoms with Crippen molar-refractivity contribution in [1.29, 1.82) is 0 Å². The second-order valence-corrected chi connectivity index (χ2v) is 9.47. The third kappa shape index (κ3) is 4.63. The highest BCUT2D eigenvalue weighted by atomic mass is 79.9. The molecule has 3 aromatic heterocycles. The molecule has 10 heteroatoms. The third-order valence-electron chi connectivity index (χ3n) is 5.57. The Hall–Kier alpha value is -1.97. The largest absolute Gasteiger partial charge is 0.368 e. The molecule has 3 aromatic rings. The van der Waals surface area contributed by atoms with Crippen molar-refractivity contribution >= 4 is 44.6 Å². The minimum Gasteiger partial charge on any atom is -0.368 e. The number of rotatable bonds is 7. The maximum atomic E-state index is 13.5. The van der Waals surface area contributed by atoms with E-state index in [1.807, 2.05) is 13.8 Å². The summed E-state index contributed by atoms with van der Waals surface area (Å²) >= 11 is 10.0. The third-order valence-corrected chi connectivity index (χ3v) is 7.05. The molecule has 168 valence electrons. The molecule has 0 saturated heterocycles. The van der Waals surface area contributed by atoms with E-state index in [0.29, 0.717) is 36.3 Å². The predicted molar refractivity (Wildman–Crippen MR) is 129 cm³/mol. The highest BCUT2D eigenvalue weighted by Gasteiger charge is 2.22. The van der Waals surface area contributed by atoms with Crippen molar-refractivity contribution in [1.82, 2.24) is 29.0 Å². The van der Waals surface area contributed by atoms with E-state index in [0.717, 1.165) is 21.3 Å². The van der Waals surface area contributed by atoms with E-state index in [1.165, 1.54) is 0 Å². The van der Waals surface area contributed by atoms with Crippen molar-refractivity contribution in [2.45, 2.75) is 66.7 Å². The molecule has 2 N–H and O–H groups in total. The molecule has 0 fully saturated rings. The summed E-state index contributed by atoms with van der Waals surface area (Å²) in [6.45, 7) is 14.0. The van der Waals surface area contributed by atoms with Crippen LogP contribution in [0.25, 0.3) is 11.2 Å². The van der Waals surface area contributed by atoms with Gasteiger partial charge in [0.25, 0.3) is 0 Å². The number of halogens is 2. The van der Waals surface area contributed by atoms with Gasteiger partial charge >= 0.3 is 5.69 Å². The van der Waals surface area contributed by atoms with Crippen LogP contribution >= 0.6 is 27.5 Å². The van der Waals surface area contributed by atoms with Gasteiger partial charge < -0.3 is 5.73 Å². The van der Waals surface area contributed by atoms with Crippen molar-refractivity contribution in [2.24, 2.45) is 0 Å². The molecule has 0 aliphatic rings. The molecule has 0 radical (unpaired) electrons. The normalized spacial score (nSPS) is 12.1. The van der Waals surface area contributed by atoms with Gasteiger partial charge in [0.15, 0.2) is 10.8 Å². The molecule has 0 aliphatic carbocycles. The topological polar surface area (TPSA) is 94.9 Å². The smallest absolute Gasteiger partial charge is 0.330 e. The first-order valence-corrected chi connectivity index (χ1v) is 11.5. The van der Waals surface area contributed by atoms with E-state index >= 15 is 0 Å². The SMILES string of the molecule is Cc1cnc(Cn2c(=O)n(CCN(C(C)C)C(C)C)c3c(Cl)nc(N)nc32)c(C)c1Br. The molecule has 3 heterocycles. The standard InChI is InChI=1S/C21H29BrClN7O/c1-11(2)28(12(3)4)7-8-29-17-18(23)26-20(24)27-19(17)30(21(29)31)10-15-14(6)16(22)13(5)9-25-15/h9,11-12H,7-8,10H2,1-6H3,(H2,24,26,27). The number of aromatic nitrogens is 5. The number of anilines is 1. The number of aryl methyl sites for hydroxylation is 1. The first-order chi connectivity index (χ1) is 14.5. The summed E-state index contributed by atoms with van der Waals surface area (Å²) < 4.78 is 4.20. The van der Waals surface area contributed by atoms with E-state index in [-0.39, 0.29) is 23.3 Å². The monoisotopic (exact) mass is 509 g/mol. The Morgan fingerprint density at radius 2 is 1.81 bits per heavy atom. The van der Waals surface area contributed by atoms with Crippen molar-refractivity contribution in [2.75, 3.05) is 12.3 Å². The Morgan fingerprint density at radius 1 is 1.16 bits per heavy atom. The van der Waals surface area contributed by atoms with Crippen molar-refractivity contribution in [3.05, 3.63) is 43.1 Å². The van der Waals surface area contributed by atoms with Crippen LogP contribution < -0.4 is 11.4 Å². The van der Waals surface area contributed by atoms with Crippen LogP contribution in [0.5, 0.6) is 0 Å². The summed E-state index contributed by atoms with van der Waals surface area (Å²) in [4.78, 5) is 28.8. The quantitative estimate of drug-likeness (QED) is 0.486. The molecule has 0 saturated carbocycles. The number of hydrogen-bond acceptors (Lipinski definition) is 6. The number of nitrogen functional groups attached to an aromatic ring is 1. The van der Waals surface area contributed by atoms with Crippen LogP contribution in [-0.2, 0) is 13.1 Å². The van der Waals surface area contributed by atoms with E-state index in [4.69, 9.17) is 17.3 Å². The number of hydrogen-bond donors (Lipinski definition) is 1. The molecule has 0 spiro atoms. The molecule has 0 atom stereocenters. The fourth-order valence-electron chi connectivity index (χ4n) is 3.92. The minimum atomic E-state index is -0.206. The van der Waals surface area contributed by atoms with E-state index in [1.54, 1.807) is 15.3 Å². The first-order valence-electron chi connectivity index (χ1n) is 10.3.